The highest BCUT2D eigenvalue weighted by Gasteiger charge is 2.52. The first-order chi connectivity index (χ1) is 12.4. The van der Waals surface area contributed by atoms with Gasteiger partial charge in [-0.2, -0.15) is 5.48 Å². The van der Waals surface area contributed by atoms with Crippen LogP contribution in [0, 0.1) is 24.4 Å². The number of hydrogen-bond donors (Lipinski definition) is 2. The van der Waals surface area contributed by atoms with E-state index < -0.39 is 23.4 Å². The molecular weight excluding hydrogens is 347 g/mol. The molecule has 2 N–H and O–H groups in total. The zero-order valence-corrected chi connectivity index (χ0v) is 13.9. The number of benzene rings is 2. The molecule has 0 saturated carbocycles. The Balaban J connectivity index is 1.65. The predicted octanol–water partition coefficient (Wildman–Crippen LogP) is 2.89. The highest BCUT2D eigenvalue weighted by atomic mass is 19.2. The van der Waals surface area contributed by atoms with Crippen molar-refractivity contribution in [3.05, 3.63) is 58.9 Å². The average molecular weight is 363 g/mol. The Morgan fingerprint density at radius 1 is 1.19 bits per heavy atom. The molecule has 26 heavy (non-hydrogen) atoms. The molecule has 0 aromatic heterocycles. The maximum absolute atomic E-state index is 14.4. The van der Waals surface area contributed by atoms with Crippen molar-refractivity contribution in [1.29, 1.82) is 0 Å². The highest BCUT2D eigenvalue weighted by Crippen LogP contribution is 2.34. The smallest absolute Gasteiger partial charge is 0.256 e. The second kappa shape index (κ2) is 6.00. The maximum atomic E-state index is 14.4. The molecule has 0 aliphatic carbocycles. The van der Waals surface area contributed by atoms with Crippen LogP contribution in [0.3, 0.4) is 0 Å². The molecule has 2 aromatic rings. The molecule has 2 heterocycles. The largest absolute Gasteiger partial charge is 0.350 e. The SMILES string of the molecule is Cc1ccc(Nc2c(C(=O)N3CC4(CNO4)C3)ccc(F)c2F)c(F)c1. The minimum absolute atomic E-state index is 0.0410. The van der Waals surface area contributed by atoms with Crippen molar-refractivity contribution in [3.8, 4) is 0 Å². The van der Waals surface area contributed by atoms with Crippen LogP contribution in [0.5, 0.6) is 0 Å². The van der Waals surface area contributed by atoms with Crippen LogP contribution in [0.4, 0.5) is 24.5 Å². The van der Waals surface area contributed by atoms with E-state index >= 15 is 0 Å². The molecule has 4 rings (SSSR count). The van der Waals surface area contributed by atoms with Gasteiger partial charge in [-0.25, -0.2) is 13.2 Å². The zero-order valence-electron chi connectivity index (χ0n) is 13.9. The summed E-state index contributed by atoms with van der Waals surface area (Å²) in [6.07, 6.45) is 0. The Morgan fingerprint density at radius 3 is 2.54 bits per heavy atom. The number of nitrogens with zero attached hydrogens (tertiary/aromatic N) is 1. The predicted molar refractivity (Wildman–Crippen MR) is 88.5 cm³/mol. The normalized spacial score (nSPS) is 17.6. The summed E-state index contributed by atoms with van der Waals surface area (Å²) in [7, 11) is 0. The zero-order chi connectivity index (χ0) is 18.5. The van der Waals surface area contributed by atoms with Gasteiger partial charge in [0.15, 0.2) is 11.6 Å². The van der Waals surface area contributed by atoms with Gasteiger partial charge in [-0.1, -0.05) is 6.07 Å². The number of rotatable bonds is 3. The van der Waals surface area contributed by atoms with E-state index in [1.54, 1.807) is 13.0 Å². The van der Waals surface area contributed by atoms with Gasteiger partial charge in [0.25, 0.3) is 5.91 Å². The molecule has 2 fully saturated rings. The van der Waals surface area contributed by atoms with E-state index in [1.807, 2.05) is 0 Å². The Bertz CT molecular complexity index is 891. The number of likely N-dealkylation sites (tertiary alicyclic amines) is 1. The lowest BCUT2D eigenvalue weighted by molar-refractivity contribution is -0.253. The summed E-state index contributed by atoms with van der Waals surface area (Å²) >= 11 is 0. The monoisotopic (exact) mass is 363 g/mol. The van der Waals surface area contributed by atoms with Gasteiger partial charge >= 0.3 is 0 Å². The lowest BCUT2D eigenvalue weighted by Gasteiger charge is -2.54. The first-order valence-corrected chi connectivity index (χ1v) is 8.10. The van der Waals surface area contributed by atoms with Crippen molar-refractivity contribution in [2.45, 2.75) is 12.5 Å². The number of aryl methyl sites for hydroxylation is 1. The van der Waals surface area contributed by atoms with Crippen molar-refractivity contribution < 1.29 is 22.8 Å². The van der Waals surface area contributed by atoms with E-state index in [9.17, 15) is 18.0 Å². The van der Waals surface area contributed by atoms with E-state index in [-0.39, 0.29) is 22.5 Å². The molecule has 1 amide bonds. The number of halogens is 3. The van der Waals surface area contributed by atoms with Crippen LogP contribution in [0.25, 0.3) is 0 Å². The van der Waals surface area contributed by atoms with Crippen molar-refractivity contribution in [2.24, 2.45) is 0 Å². The molecule has 0 unspecified atom stereocenters. The standard InChI is InChI=1S/C18H16F3N3O2/c1-10-2-5-14(13(20)6-10)23-16-11(3-4-12(19)15(16)21)17(25)24-8-18(9-24)7-22-26-18/h2-6,22-23H,7-9H2,1H3. The third-order valence-electron chi connectivity index (χ3n) is 4.64. The van der Waals surface area contributed by atoms with Crippen LogP contribution in [0.2, 0.25) is 0 Å². The Kier molecular flexibility index (Phi) is 3.89. The number of carbonyl (C=O) groups excluding carboxylic acids is 1. The van der Waals surface area contributed by atoms with Crippen LogP contribution in [-0.4, -0.2) is 36.0 Å². The summed E-state index contributed by atoms with van der Waals surface area (Å²) in [6, 6.07) is 6.39. The van der Waals surface area contributed by atoms with Crippen molar-refractivity contribution >= 4 is 17.3 Å². The molecule has 8 heteroatoms. The van der Waals surface area contributed by atoms with Gasteiger partial charge in [0.2, 0.25) is 0 Å². The quantitative estimate of drug-likeness (QED) is 0.881. The van der Waals surface area contributed by atoms with Crippen molar-refractivity contribution in [2.75, 3.05) is 25.0 Å². The molecule has 0 radical (unpaired) electrons. The Labute approximate surface area is 147 Å². The molecule has 2 aliphatic heterocycles. The first kappa shape index (κ1) is 16.9. The Morgan fingerprint density at radius 2 is 1.92 bits per heavy atom. The number of anilines is 2. The van der Waals surface area contributed by atoms with Crippen LogP contribution in [0.1, 0.15) is 15.9 Å². The highest BCUT2D eigenvalue weighted by molar-refractivity contribution is 6.01. The fraction of sp³-hybridized carbons (Fsp3) is 0.278. The number of amides is 1. The molecule has 136 valence electrons. The van der Waals surface area contributed by atoms with Crippen LogP contribution >= 0.6 is 0 Å². The van der Waals surface area contributed by atoms with Crippen LogP contribution in [0.15, 0.2) is 30.3 Å². The van der Waals surface area contributed by atoms with Gasteiger partial charge in [0.1, 0.15) is 11.4 Å². The minimum Gasteiger partial charge on any atom is -0.350 e. The molecule has 1 spiro atoms. The summed E-state index contributed by atoms with van der Waals surface area (Å²) in [6.45, 7) is 3.06. The molecule has 2 saturated heterocycles. The molecular formula is C18H16F3N3O2. The summed E-state index contributed by atoms with van der Waals surface area (Å²) in [5.74, 6) is -3.44. The van der Waals surface area contributed by atoms with Gasteiger partial charge in [0.05, 0.1) is 36.6 Å². The second-order valence-corrected chi connectivity index (χ2v) is 6.66. The number of hydroxylamine groups is 1. The van der Waals surface area contributed by atoms with Crippen molar-refractivity contribution in [3.63, 3.8) is 0 Å². The molecule has 2 aromatic carbocycles. The summed E-state index contributed by atoms with van der Waals surface area (Å²) < 4.78 is 42.2. The average Bonchev–Trinajstić information content (AvgIpc) is 2.51. The van der Waals surface area contributed by atoms with Gasteiger partial charge in [-0.05, 0) is 36.8 Å². The molecule has 0 bridgehead atoms. The van der Waals surface area contributed by atoms with Gasteiger partial charge < -0.3 is 10.2 Å². The molecule has 2 aliphatic rings. The van der Waals surface area contributed by atoms with Crippen LogP contribution < -0.4 is 10.8 Å². The summed E-state index contributed by atoms with van der Waals surface area (Å²) in [5, 5.41) is 2.53. The first-order valence-electron chi connectivity index (χ1n) is 8.10. The van der Waals surface area contributed by atoms with E-state index in [4.69, 9.17) is 4.84 Å². The topological polar surface area (TPSA) is 53.6 Å². The summed E-state index contributed by atoms with van der Waals surface area (Å²) in [4.78, 5) is 19.4. The summed E-state index contributed by atoms with van der Waals surface area (Å²) in [5.41, 5.74) is 2.49. The van der Waals surface area contributed by atoms with E-state index in [2.05, 4.69) is 10.8 Å². The second-order valence-electron chi connectivity index (χ2n) is 6.66. The molecule has 5 nitrogen and oxygen atoms in total. The maximum Gasteiger partial charge on any atom is 0.256 e. The van der Waals surface area contributed by atoms with Gasteiger partial charge in [-0.15, -0.1) is 0 Å². The van der Waals surface area contributed by atoms with E-state index in [1.165, 1.54) is 23.1 Å². The van der Waals surface area contributed by atoms with Crippen LogP contribution in [-0.2, 0) is 4.84 Å². The van der Waals surface area contributed by atoms with E-state index in [0.29, 0.717) is 25.2 Å². The van der Waals surface area contributed by atoms with Gasteiger partial charge in [-0.3, -0.25) is 9.63 Å². The number of hydrogen-bond acceptors (Lipinski definition) is 4. The third-order valence-corrected chi connectivity index (χ3v) is 4.64. The fourth-order valence-corrected chi connectivity index (χ4v) is 3.12. The fourth-order valence-electron chi connectivity index (χ4n) is 3.12. The number of carbonyl (C=O) groups is 1. The van der Waals surface area contributed by atoms with E-state index in [0.717, 1.165) is 6.07 Å². The lowest BCUT2D eigenvalue weighted by atomic mass is 9.91. The third kappa shape index (κ3) is 2.71. The minimum atomic E-state index is -1.23. The molecule has 0 atom stereocenters. The lowest BCUT2D eigenvalue weighted by Crippen LogP contribution is -2.75. The van der Waals surface area contributed by atoms with Gasteiger partial charge in [0, 0.05) is 0 Å². The number of nitrogens with one attached hydrogen (secondary N) is 2. The van der Waals surface area contributed by atoms with Crippen molar-refractivity contribution in [1.82, 2.24) is 10.4 Å². The Hall–Kier alpha value is -2.58.